The zero-order valence-electron chi connectivity index (χ0n) is 6.94. The van der Waals surface area contributed by atoms with Crippen LogP contribution in [0.5, 0.6) is 0 Å². The fourth-order valence-electron chi connectivity index (χ4n) is 1.40. The Hall–Kier alpha value is -0.0400. The van der Waals surface area contributed by atoms with E-state index in [-0.39, 0.29) is 0 Å². The van der Waals surface area contributed by atoms with Crippen molar-refractivity contribution in [2.24, 2.45) is 5.92 Å². The maximum absolute atomic E-state index is 2.44. The molecule has 54 valence electrons. The van der Waals surface area contributed by atoms with Crippen molar-refractivity contribution in [2.45, 2.75) is 32.7 Å². The second kappa shape index (κ2) is 1.98. The second-order valence-electron chi connectivity index (χ2n) is 3.76. The van der Waals surface area contributed by atoms with Crippen molar-refractivity contribution in [3.63, 3.8) is 0 Å². The van der Waals surface area contributed by atoms with Crippen LogP contribution in [-0.2, 0) is 0 Å². The predicted octanol–water partition coefficient (Wildman–Crippen LogP) is 1.74. The van der Waals surface area contributed by atoms with Gasteiger partial charge < -0.3 is 4.90 Å². The monoisotopic (exact) mass is 127 g/mol. The molecule has 1 aliphatic heterocycles. The van der Waals surface area contributed by atoms with Crippen LogP contribution in [0, 0.1) is 5.92 Å². The summed E-state index contributed by atoms with van der Waals surface area (Å²) in [7, 11) is 2.21. The molecule has 1 nitrogen and oxygen atoms in total. The van der Waals surface area contributed by atoms with Gasteiger partial charge in [-0.05, 0) is 39.8 Å². The summed E-state index contributed by atoms with van der Waals surface area (Å²) in [6, 6.07) is 0. The topological polar surface area (TPSA) is 3.24 Å². The summed E-state index contributed by atoms with van der Waals surface area (Å²) >= 11 is 0. The zero-order valence-corrected chi connectivity index (χ0v) is 6.94. The first-order valence-electron chi connectivity index (χ1n) is 3.76. The van der Waals surface area contributed by atoms with E-state index >= 15 is 0 Å². The van der Waals surface area contributed by atoms with Crippen molar-refractivity contribution in [2.75, 3.05) is 13.6 Å². The predicted molar refractivity (Wildman–Crippen MR) is 40.5 cm³/mol. The standard InChI is InChI=1S/C8H17N/c1-7-5-6-9(4)8(7,2)3/h7H,5-6H2,1-4H3/t7-/m0/s1. The molecule has 0 saturated carbocycles. The van der Waals surface area contributed by atoms with Gasteiger partial charge in [-0.1, -0.05) is 6.92 Å². The highest BCUT2D eigenvalue weighted by molar-refractivity contribution is 4.90. The fourth-order valence-corrected chi connectivity index (χ4v) is 1.40. The number of hydrogen-bond donors (Lipinski definition) is 0. The van der Waals surface area contributed by atoms with Crippen molar-refractivity contribution < 1.29 is 0 Å². The summed E-state index contributed by atoms with van der Waals surface area (Å²) in [6.07, 6.45) is 1.36. The normalized spacial score (nSPS) is 35.3. The molecule has 1 saturated heterocycles. The first kappa shape index (κ1) is 7.07. The van der Waals surface area contributed by atoms with Gasteiger partial charge in [0.25, 0.3) is 0 Å². The van der Waals surface area contributed by atoms with Gasteiger partial charge in [-0.2, -0.15) is 0 Å². The van der Waals surface area contributed by atoms with Crippen molar-refractivity contribution in [1.29, 1.82) is 0 Å². The summed E-state index contributed by atoms with van der Waals surface area (Å²) in [5.74, 6) is 0.863. The number of rotatable bonds is 0. The van der Waals surface area contributed by atoms with Crippen LogP contribution >= 0.6 is 0 Å². The molecule has 0 radical (unpaired) electrons. The minimum atomic E-state index is 0.444. The third-order valence-electron chi connectivity index (χ3n) is 3.09. The van der Waals surface area contributed by atoms with E-state index in [2.05, 4.69) is 32.7 Å². The van der Waals surface area contributed by atoms with Crippen LogP contribution < -0.4 is 0 Å². The Bertz CT molecular complexity index is 95.1. The SMILES string of the molecule is C[C@H]1CCN(C)C1(C)C. The molecule has 0 aromatic heterocycles. The average molecular weight is 127 g/mol. The molecule has 9 heavy (non-hydrogen) atoms. The molecule has 1 fully saturated rings. The maximum atomic E-state index is 2.44. The largest absolute Gasteiger partial charge is 0.301 e. The summed E-state index contributed by atoms with van der Waals surface area (Å²) < 4.78 is 0. The van der Waals surface area contributed by atoms with Crippen LogP contribution in [0.2, 0.25) is 0 Å². The van der Waals surface area contributed by atoms with E-state index in [0.717, 1.165) is 5.92 Å². The molecule has 0 bridgehead atoms. The van der Waals surface area contributed by atoms with Crippen LogP contribution in [0.4, 0.5) is 0 Å². The minimum absolute atomic E-state index is 0.444. The van der Waals surface area contributed by atoms with Crippen molar-refractivity contribution in [3.05, 3.63) is 0 Å². The zero-order chi connectivity index (χ0) is 7.07. The van der Waals surface area contributed by atoms with Gasteiger partial charge in [0.15, 0.2) is 0 Å². The van der Waals surface area contributed by atoms with E-state index in [4.69, 9.17) is 0 Å². The lowest BCUT2D eigenvalue weighted by molar-refractivity contribution is 0.180. The number of likely N-dealkylation sites (tertiary alicyclic amines) is 1. The fraction of sp³-hybridized carbons (Fsp3) is 1.00. The lowest BCUT2D eigenvalue weighted by atomic mass is 9.91. The van der Waals surface area contributed by atoms with Crippen LogP contribution in [0.15, 0.2) is 0 Å². The van der Waals surface area contributed by atoms with E-state index < -0.39 is 0 Å². The van der Waals surface area contributed by atoms with Gasteiger partial charge in [0.2, 0.25) is 0 Å². The maximum Gasteiger partial charge on any atom is 0.0176 e. The third kappa shape index (κ3) is 0.983. The Balaban J connectivity index is 2.66. The van der Waals surface area contributed by atoms with E-state index in [1.54, 1.807) is 0 Å². The summed E-state index contributed by atoms with van der Waals surface area (Å²) in [5, 5.41) is 0. The lowest BCUT2D eigenvalue weighted by Gasteiger charge is -2.31. The van der Waals surface area contributed by atoms with Gasteiger partial charge in [-0.3, -0.25) is 0 Å². The molecule has 0 spiro atoms. The molecule has 1 heteroatoms. The van der Waals surface area contributed by atoms with Gasteiger partial charge in [-0.25, -0.2) is 0 Å². The minimum Gasteiger partial charge on any atom is -0.301 e. The van der Waals surface area contributed by atoms with Crippen LogP contribution in [-0.4, -0.2) is 24.0 Å². The smallest absolute Gasteiger partial charge is 0.0176 e. The average Bonchev–Trinajstić information content (AvgIpc) is 1.96. The molecule has 1 aliphatic rings. The molecule has 0 amide bonds. The van der Waals surface area contributed by atoms with E-state index in [0.29, 0.717) is 5.54 Å². The molecule has 0 aliphatic carbocycles. The number of hydrogen-bond acceptors (Lipinski definition) is 1. The van der Waals surface area contributed by atoms with Gasteiger partial charge in [-0.15, -0.1) is 0 Å². The van der Waals surface area contributed by atoms with E-state index in [1.807, 2.05) is 0 Å². The highest BCUT2D eigenvalue weighted by atomic mass is 15.2. The Morgan fingerprint density at radius 1 is 1.44 bits per heavy atom. The van der Waals surface area contributed by atoms with Crippen LogP contribution in [0.25, 0.3) is 0 Å². The summed E-state index contributed by atoms with van der Waals surface area (Å²) in [4.78, 5) is 2.44. The molecule has 0 unspecified atom stereocenters. The second-order valence-corrected chi connectivity index (χ2v) is 3.76. The molecule has 1 atom stereocenters. The highest BCUT2D eigenvalue weighted by Crippen LogP contribution is 2.31. The van der Waals surface area contributed by atoms with Gasteiger partial charge >= 0.3 is 0 Å². The Kier molecular flexibility index (Phi) is 1.55. The Morgan fingerprint density at radius 3 is 2.11 bits per heavy atom. The summed E-state index contributed by atoms with van der Waals surface area (Å²) in [5.41, 5.74) is 0.444. The first-order valence-corrected chi connectivity index (χ1v) is 3.76. The molecule has 0 N–H and O–H groups in total. The Labute approximate surface area is 58.0 Å². The van der Waals surface area contributed by atoms with E-state index in [1.165, 1.54) is 13.0 Å². The van der Waals surface area contributed by atoms with Crippen molar-refractivity contribution in [1.82, 2.24) is 4.90 Å². The molecular formula is C8H17N. The quantitative estimate of drug-likeness (QED) is 0.479. The highest BCUT2D eigenvalue weighted by Gasteiger charge is 2.35. The molecule has 0 aromatic carbocycles. The molecule has 0 aromatic rings. The van der Waals surface area contributed by atoms with E-state index in [9.17, 15) is 0 Å². The molecule has 1 heterocycles. The molecular weight excluding hydrogens is 110 g/mol. The third-order valence-corrected chi connectivity index (χ3v) is 3.09. The van der Waals surface area contributed by atoms with Crippen LogP contribution in [0.3, 0.4) is 0 Å². The van der Waals surface area contributed by atoms with Crippen molar-refractivity contribution >= 4 is 0 Å². The van der Waals surface area contributed by atoms with Gasteiger partial charge in [0.1, 0.15) is 0 Å². The van der Waals surface area contributed by atoms with Gasteiger partial charge in [0, 0.05) is 5.54 Å². The Morgan fingerprint density at radius 2 is 2.00 bits per heavy atom. The van der Waals surface area contributed by atoms with Crippen LogP contribution in [0.1, 0.15) is 27.2 Å². The first-order chi connectivity index (χ1) is 4.05. The van der Waals surface area contributed by atoms with Gasteiger partial charge in [0.05, 0.1) is 0 Å². The summed E-state index contributed by atoms with van der Waals surface area (Å²) in [6.45, 7) is 8.26. The van der Waals surface area contributed by atoms with Crippen molar-refractivity contribution in [3.8, 4) is 0 Å². The lowest BCUT2D eigenvalue weighted by Crippen LogP contribution is -2.38. The number of nitrogens with zero attached hydrogens (tertiary/aromatic N) is 1. The molecule has 1 rings (SSSR count).